The Morgan fingerprint density at radius 2 is 2.00 bits per heavy atom. The van der Waals surface area contributed by atoms with Gasteiger partial charge in [-0.2, -0.15) is 10.4 Å². The zero-order valence-electron chi connectivity index (χ0n) is 15.1. The topological polar surface area (TPSA) is 92.1 Å². The molecule has 7 nitrogen and oxygen atoms in total. The van der Waals surface area contributed by atoms with Crippen LogP contribution in [0.5, 0.6) is 11.6 Å². The van der Waals surface area contributed by atoms with Gasteiger partial charge in [-0.1, -0.05) is 24.3 Å². The Morgan fingerprint density at radius 3 is 2.79 bits per heavy atom. The molecule has 7 heteroatoms. The number of nitrogens with zero attached hydrogens (tertiary/aromatic N) is 3. The maximum absolute atomic E-state index is 8.92. The van der Waals surface area contributed by atoms with Crippen LogP contribution in [-0.2, 0) is 6.61 Å². The fourth-order valence-corrected chi connectivity index (χ4v) is 3.07. The van der Waals surface area contributed by atoms with Gasteiger partial charge in [0, 0.05) is 18.8 Å². The molecule has 1 aromatic heterocycles. The molecule has 0 bridgehead atoms. The van der Waals surface area contributed by atoms with E-state index in [0.717, 1.165) is 16.9 Å². The van der Waals surface area contributed by atoms with Crippen LogP contribution in [0.4, 0.5) is 0 Å². The van der Waals surface area contributed by atoms with Crippen molar-refractivity contribution < 1.29 is 9.47 Å². The molecule has 0 amide bonds. The third kappa shape index (κ3) is 4.26. The van der Waals surface area contributed by atoms with Crippen molar-refractivity contribution in [3.63, 3.8) is 0 Å². The van der Waals surface area contributed by atoms with Gasteiger partial charge in [0.25, 0.3) is 0 Å². The van der Waals surface area contributed by atoms with Crippen LogP contribution in [0.3, 0.4) is 0 Å². The molecule has 4 rings (SSSR count). The van der Waals surface area contributed by atoms with Gasteiger partial charge in [0.05, 0.1) is 17.7 Å². The van der Waals surface area contributed by atoms with Gasteiger partial charge in [-0.15, -0.1) is 5.10 Å². The average Bonchev–Trinajstić information content (AvgIpc) is 3.22. The van der Waals surface area contributed by atoms with Crippen molar-refractivity contribution in [1.82, 2.24) is 21.0 Å². The van der Waals surface area contributed by atoms with E-state index in [-0.39, 0.29) is 12.1 Å². The molecule has 1 aliphatic heterocycles. The van der Waals surface area contributed by atoms with E-state index >= 15 is 0 Å². The van der Waals surface area contributed by atoms with Crippen LogP contribution in [0.15, 0.2) is 66.9 Å². The fourth-order valence-electron chi connectivity index (χ4n) is 3.07. The second-order valence-electron chi connectivity index (χ2n) is 6.39. The summed E-state index contributed by atoms with van der Waals surface area (Å²) in [6, 6.07) is 21.0. The molecule has 2 aromatic carbocycles. The van der Waals surface area contributed by atoms with Crippen molar-refractivity contribution >= 4 is 0 Å². The Labute approximate surface area is 162 Å². The minimum Gasteiger partial charge on any atom is -0.487 e. The highest BCUT2D eigenvalue weighted by molar-refractivity contribution is 5.35. The lowest BCUT2D eigenvalue weighted by molar-refractivity contribution is 0.197. The summed E-state index contributed by atoms with van der Waals surface area (Å²) in [7, 11) is 0. The first-order valence-corrected chi connectivity index (χ1v) is 8.96. The number of hydrogen-bond acceptors (Lipinski definition) is 7. The molecule has 2 unspecified atom stereocenters. The van der Waals surface area contributed by atoms with Crippen LogP contribution in [0.25, 0.3) is 0 Å². The second-order valence-corrected chi connectivity index (χ2v) is 6.39. The first kappa shape index (κ1) is 17.9. The highest BCUT2D eigenvalue weighted by Crippen LogP contribution is 2.25. The molecule has 3 aromatic rings. The van der Waals surface area contributed by atoms with E-state index in [1.54, 1.807) is 30.5 Å². The van der Waals surface area contributed by atoms with E-state index in [9.17, 15) is 0 Å². The van der Waals surface area contributed by atoms with Crippen LogP contribution in [-0.4, -0.2) is 22.8 Å². The van der Waals surface area contributed by atoms with Crippen molar-refractivity contribution in [2.24, 2.45) is 0 Å². The molecule has 0 radical (unpaired) electrons. The Hall–Kier alpha value is -3.47. The number of hydrazine groups is 1. The highest BCUT2D eigenvalue weighted by atomic mass is 16.5. The number of hydrogen-bond donors (Lipinski definition) is 2. The predicted octanol–water partition coefficient (Wildman–Crippen LogP) is 2.52. The summed E-state index contributed by atoms with van der Waals surface area (Å²) in [5.74, 6) is 1.23. The third-order valence-corrected chi connectivity index (χ3v) is 4.45. The van der Waals surface area contributed by atoms with E-state index in [0.29, 0.717) is 24.6 Å². The van der Waals surface area contributed by atoms with Crippen molar-refractivity contribution in [2.45, 2.75) is 18.8 Å². The standard InChI is InChI=1S/C21H19N5O2/c22-12-15-6-8-18(9-7-15)28-19-13-24-26-21(19)17-4-1-3-16(11-17)14-27-20-5-2-10-23-25-20/h1-11,19,21,24,26H,13-14H2. The summed E-state index contributed by atoms with van der Waals surface area (Å²) >= 11 is 0. The first-order chi connectivity index (χ1) is 13.8. The van der Waals surface area contributed by atoms with Crippen LogP contribution in [0.2, 0.25) is 0 Å². The molecule has 0 spiro atoms. The Morgan fingerprint density at radius 1 is 1.11 bits per heavy atom. The Balaban J connectivity index is 1.44. The molecule has 0 aliphatic carbocycles. The van der Waals surface area contributed by atoms with E-state index < -0.39 is 0 Å². The summed E-state index contributed by atoms with van der Waals surface area (Å²) in [6.45, 7) is 1.08. The smallest absolute Gasteiger partial charge is 0.233 e. The summed E-state index contributed by atoms with van der Waals surface area (Å²) in [5.41, 5.74) is 9.19. The van der Waals surface area contributed by atoms with Crippen LogP contribution in [0, 0.1) is 11.3 Å². The van der Waals surface area contributed by atoms with Gasteiger partial charge in [-0.3, -0.25) is 5.43 Å². The molecule has 2 heterocycles. The lowest BCUT2D eigenvalue weighted by Gasteiger charge is -2.21. The molecule has 2 N–H and O–H groups in total. The molecule has 1 fully saturated rings. The van der Waals surface area contributed by atoms with Crippen LogP contribution in [0.1, 0.15) is 22.7 Å². The van der Waals surface area contributed by atoms with E-state index in [2.05, 4.69) is 39.3 Å². The summed E-state index contributed by atoms with van der Waals surface area (Å²) in [4.78, 5) is 0. The van der Waals surface area contributed by atoms with Crippen LogP contribution >= 0.6 is 0 Å². The Kier molecular flexibility index (Phi) is 5.43. The number of rotatable bonds is 6. The maximum Gasteiger partial charge on any atom is 0.233 e. The molecular formula is C21H19N5O2. The van der Waals surface area contributed by atoms with E-state index in [4.69, 9.17) is 14.7 Å². The third-order valence-electron chi connectivity index (χ3n) is 4.45. The molecule has 28 heavy (non-hydrogen) atoms. The number of ether oxygens (including phenoxy) is 2. The number of benzene rings is 2. The normalized spacial score (nSPS) is 18.4. The lowest BCUT2D eigenvalue weighted by atomic mass is 10.0. The first-order valence-electron chi connectivity index (χ1n) is 8.96. The molecule has 140 valence electrons. The summed E-state index contributed by atoms with van der Waals surface area (Å²) in [6.07, 6.45) is 1.53. The monoisotopic (exact) mass is 373 g/mol. The van der Waals surface area contributed by atoms with Crippen molar-refractivity contribution in [2.75, 3.05) is 6.54 Å². The average molecular weight is 373 g/mol. The summed E-state index contributed by atoms with van der Waals surface area (Å²) in [5, 5.41) is 16.7. The van der Waals surface area contributed by atoms with Crippen molar-refractivity contribution in [3.8, 4) is 17.7 Å². The molecular weight excluding hydrogens is 354 g/mol. The SMILES string of the molecule is N#Cc1ccc(OC2CNNC2c2cccc(COc3cccnn3)c2)cc1. The number of aromatic nitrogens is 2. The number of nitrogens with one attached hydrogen (secondary N) is 2. The number of nitriles is 1. The van der Waals surface area contributed by atoms with Crippen LogP contribution < -0.4 is 20.3 Å². The van der Waals surface area contributed by atoms with Crippen molar-refractivity contribution in [3.05, 3.63) is 83.6 Å². The largest absolute Gasteiger partial charge is 0.487 e. The van der Waals surface area contributed by atoms with Gasteiger partial charge in [-0.25, -0.2) is 5.43 Å². The van der Waals surface area contributed by atoms with Gasteiger partial charge >= 0.3 is 0 Å². The Bertz CT molecular complexity index is 957. The molecule has 1 saturated heterocycles. The predicted molar refractivity (Wildman–Crippen MR) is 102 cm³/mol. The minimum atomic E-state index is -0.0795. The summed E-state index contributed by atoms with van der Waals surface area (Å²) < 4.78 is 11.8. The van der Waals surface area contributed by atoms with Gasteiger partial charge in [0.1, 0.15) is 18.5 Å². The van der Waals surface area contributed by atoms with E-state index in [1.807, 2.05) is 24.3 Å². The fraction of sp³-hybridized carbons (Fsp3) is 0.190. The zero-order valence-corrected chi connectivity index (χ0v) is 15.1. The molecule has 0 saturated carbocycles. The highest BCUT2D eigenvalue weighted by Gasteiger charge is 2.30. The second kappa shape index (κ2) is 8.48. The zero-order chi connectivity index (χ0) is 19.2. The molecule has 2 atom stereocenters. The van der Waals surface area contributed by atoms with Gasteiger partial charge in [0.2, 0.25) is 5.88 Å². The van der Waals surface area contributed by atoms with Crippen molar-refractivity contribution in [1.29, 1.82) is 5.26 Å². The quantitative estimate of drug-likeness (QED) is 0.686. The van der Waals surface area contributed by atoms with Gasteiger partial charge < -0.3 is 9.47 Å². The molecule has 1 aliphatic rings. The maximum atomic E-state index is 8.92. The lowest BCUT2D eigenvalue weighted by Crippen LogP contribution is -2.28. The van der Waals surface area contributed by atoms with E-state index in [1.165, 1.54) is 0 Å². The van der Waals surface area contributed by atoms with Gasteiger partial charge in [0.15, 0.2) is 0 Å². The van der Waals surface area contributed by atoms with Gasteiger partial charge in [-0.05, 0) is 41.5 Å². The minimum absolute atomic E-state index is 0.00731.